The second-order valence-corrected chi connectivity index (χ2v) is 5.03. The smallest absolute Gasteiger partial charge is 0.336 e. The van der Waals surface area contributed by atoms with Crippen LogP contribution in [-0.2, 0) is 6.42 Å². The van der Waals surface area contributed by atoms with Crippen molar-refractivity contribution >= 4 is 11.9 Å². The Balaban J connectivity index is 2.17. The zero-order chi connectivity index (χ0) is 16.8. The second kappa shape index (κ2) is 7.53. The van der Waals surface area contributed by atoms with E-state index in [1.807, 2.05) is 6.07 Å². The Morgan fingerprint density at radius 1 is 0.913 bits per heavy atom. The van der Waals surface area contributed by atoms with Crippen molar-refractivity contribution in [3.8, 4) is 0 Å². The van der Waals surface area contributed by atoms with Crippen molar-refractivity contribution in [3.63, 3.8) is 0 Å². The second-order valence-electron chi connectivity index (χ2n) is 5.03. The van der Waals surface area contributed by atoms with Crippen molar-refractivity contribution in [2.45, 2.75) is 18.8 Å². The molecule has 0 aliphatic rings. The lowest BCUT2D eigenvalue weighted by molar-refractivity contribution is -0.0647. The molecule has 6 heteroatoms. The van der Waals surface area contributed by atoms with Crippen LogP contribution in [0, 0.1) is 0 Å². The zero-order valence-electron chi connectivity index (χ0n) is 12.2. The van der Waals surface area contributed by atoms with E-state index in [0.29, 0.717) is 0 Å². The van der Waals surface area contributed by atoms with Crippen LogP contribution in [0.25, 0.3) is 0 Å². The molecule has 0 bridgehead atoms. The highest BCUT2D eigenvalue weighted by atomic mass is 16.5. The highest BCUT2D eigenvalue weighted by molar-refractivity contribution is 6.04. The minimum Gasteiger partial charge on any atom is -0.478 e. The number of carboxylic acid groups (broad SMARTS) is 1. The Bertz CT molecular complexity index is 684. The highest BCUT2D eigenvalue weighted by Crippen LogP contribution is 2.11. The molecular formula is C17H17NO5. The van der Waals surface area contributed by atoms with Crippen molar-refractivity contribution in [2.75, 3.05) is 0 Å². The molecule has 1 amide bonds. The molecule has 0 saturated heterocycles. The number of aliphatic hydroxyl groups excluding tert-OH is 1. The third kappa shape index (κ3) is 4.38. The summed E-state index contributed by atoms with van der Waals surface area (Å²) >= 11 is 0. The van der Waals surface area contributed by atoms with Gasteiger partial charge in [-0.05, 0) is 24.1 Å². The molecule has 1 atom stereocenters. The van der Waals surface area contributed by atoms with Crippen LogP contribution in [0.2, 0.25) is 0 Å². The van der Waals surface area contributed by atoms with E-state index in [1.165, 1.54) is 18.2 Å². The summed E-state index contributed by atoms with van der Waals surface area (Å²) in [4.78, 5) is 23.4. The Kier molecular flexibility index (Phi) is 5.46. The molecule has 23 heavy (non-hydrogen) atoms. The molecule has 2 rings (SSSR count). The summed E-state index contributed by atoms with van der Waals surface area (Å²) in [6.07, 6.45) is -1.56. The van der Waals surface area contributed by atoms with Gasteiger partial charge in [-0.1, -0.05) is 42.5 Å². The summed E-state index contributed by atoms with van der Waals surface area (Å²) < 4.78 is 0. The Hall–Kier alpha value is -2.70. The summed E-state index contributed by atoms with van der Waals surface area (Å²) in [6, 6.07) is 13.8. The lowest BCUT2D eigenvalue weighted by atomic mass is 10.0. The topological polar surface area (TPSA) is 107 Å². The fraction of sp³-hybridized carbons (Fsp3) is 0.176. The standard InChI is InChI=1S/C17H17NO5/c19-15(12-8-4-5-9-13(12)16(20)21)18-14(17(22)23)10-11-6-2-1-3-7-11/h1-9,14,17,22-23H,10H2,(H,18,19)(H,20,21). The first kappa shape index (κ1) is 16.7. The predicted molar refractivity (Wildman–Crippen MR) is 83.0 cm³/mol. The molecule has 0 spiro atoms. The van der Waals surface area contributed by atoms with Crippen LogP contribution in [0.3, 0.4) is 0 Å². The fourth-order valence-corrected chi connectivity index (χ4v) is 2.21. The van der Waals surface area contributed by atoms with Gasteiger partial charge in [0.15, 0.2) is 6.29 Å². The van der Waals surface area contributed by atoms with Crippen LogP contribution in [0.1, 0.15) is 26.3 Å². The molecule has 0 saturated carbocycles. The van der Waals surface area contributed by atoms with Crippen molar-refractivity contribution in [1.82, 2.24) is 5.32 Å². The zero-order valence-corrected chi connectivity index (χ0v) is 12.2. The van der Waals surface area contributed by atoms with Crippen molar-refractivity contribution in [2.24, 2.45) is 0 Å². The quantitative estimate of drug-likeness (QED) is 0.596. The Labute approximate surface area is 133 Å². The first-order valence-corrected chi connectivity index (χ1v) is 7.02. The third-order valence-electron chi connectivity index (χ3n) is 3.38. The van der Waals surface area contributed by atoms with Crippen LogP contribution in [0.15, 0.2) is 54.6 Å². The number of hydrogen-bond acceptors (Lipinski definition) is 4. The van der Waals surface area contributed by atoms with Gasteiger partial charge >= 0.3 is 5.97 Å². The summed E-state index contributed by atoms with van der Waals surface area (Å²) in [6.45, 7) is 0. The summed E-state index contributed by atoms with van der Waals surface area (Å²) in [5.41, 5.74) is 0.645. The monoisotopic (exact) mass is 315 g/mol. The number of carbonyl (C=O) groups is 2. The van der Waals surface area contributed by atoms with Gasteiger partial charge in [0.2, 0.25) is 0 Å². The van der Waals surface area contributed by atoms with Crippen molar-refractivity contribution in [1.29, 1.82) is 0 Å². The van der Waals surface area contributed by atoms with Crippen molar-refractivity contribution in [3.05, 3.63) is 71.3 Å². The maximum absolute atomic E-state index is 12.3. The molecule has 0 radical (unpaired) electrons. The first-order valence-electron chi connectivity index (χ1n) is 7.02. The number of hydrogen-bond donors (Lipinski definition) is 4. The van der Waals surface area contributed by atoms with Gasteiger partial charge in [-0.15, -0.1) is 0 Å². The van der Waals surface area contributed by atoms with Gasteiger partial charge in [-0.3, -0.25) is 4.79 Å². The Morgan fingerprint density at radius 2 is 1.48 bits per heavy atom. The molecule has 1 unspecified atom stereocenters. The minimum atomic E-state index is -1.77. The highest BCUT2D eigenvalue weighted by Gasteiger charge is 2.23. The molecule has 0 aliphatic carbocycles. The van der Waals surface area contributed by atoms with Gasteiger partial charge in [0.1, 0.15) is 0 Å². The van der Waals surface area contributed by atoms with Crippen LogP contribution < -0.4 is 5.32 Å². The van der Waals surface area contributed by atoms with Gasteiger partial charge < -0.3 is 20.6 Å². The number of carbonyl (C=O) groups excluding carboxylic acids is 1. The predicted octanol–water partition coefficient (Wildman–Crippen LogP) is 1.04. The summed E-state index contributed by atoms with van der Waals surface area (Å²) in [5, 5.41) is 30.5. The maximum atomic E-state index is 12.3. The summed E-state index contributed by atoms with van der Waals surface area (Å²) in [5.74, 6) is -1.89. The van der Waals surface area contributed by atoms with Gasteiger partial charge in [0.05, 0.1) is 17.2 Å². The molecule has 0 aliphatic heterocycles. The molecule has 2 aromatic rings. The van der Waals surface area contributed by atoms with E-state index in [2.05, 4.69) is 5.32 Å². The van der Waals surface area contributed by atoms with E-state index in [-0.39, 0.29) is 17.5 Å². The summed E-state index contributed by atoms with van der Waals surface area (Å²) in [7, 11) is 0. The average Bonchev–Trinajstić information content (AvgIpc) is 2.55. The van der Waals surface area contributed by atoms with E-state index < -0.39 is 24.2 Å². The lowest BCUT2D eigenvalue weighted by Gasteiger charge is -2.21. The van der Waals surface area contributed by atoms with Crippen LogP contribution in [-0.4, -0.2) is 39.5 Å². The minimum absolute atomic E-state index is 0.0290. The van der Waals surface area contributed by atoms with Crippen molar-refractivity contribution < 1.29 is 24.9 Å². The number of aromatic carboxylic acids is 1. The Morgan fingerprint density at radius 3 is 2.04 bits per heavy atom. The van der Waals surface area contributed by atoms with E-state index in [0.717, 1.165) is 5.56 Å². The number of amides is 1. The normalized spacial score (nSPS) is 12.0. The van der Waals surface area contributed by atoms with E-state index in [1.54, 1.807) is 30.3 Å². The van der Waals surface area contributed by atoms with E-state index in [9.17, 15) is 19.8 Å². The van der Waals surface area contributed by atoms with E-state index in [4.69, 9.17) is 5.11 Å². The largest absolute Gasteiger partial charge is 0.478 e. The fourth-order valence-electron chi connectivity index (χ4n) is 2.21. The molecule has 120 valence electrons. The molecule has 4 N–H and O–H groups in total. The molecule has 0 aromatic heterocycles. The molecular weight excluding hydrogens is 298 g/mol. The molecule has 0 fully saturated rings. The maximum Gasteiger partial charge on any atom is 0.336 e. The third-order valence-corrected chi connectivity index (χ3v) is 3.38. The number of nitrogens with one attached hydrogen (secondary N) is 1. The SMILES string of the molecule is O=C(O)c1ccccc1C(=O)NC(Cc1ccccc1)C(O)O. The molecule has 2 aromatic carbocycles. The van der Waals surface area contributed by atoms with E-state index >= 15 is 0 Å². The van der Waals surface area contributed by atoms with Crippen LogP contribution in [0.4, 0.5) is 0 Å². The van der Waals surface area contributed by atoms with Gasteiger partial charge in [-0.2, -0.15) is 0 Å². The number of aliphatic hydroxyl groups is 2. The lowest BCUT2D eigenvalue weighted by Crippen LogP contribution is -2.45. The van der Waals surface area contributed by atoms with Crippen LogP contribution >= 0.6 is 0 Å². The van der Waals surface area contributed by atoms with Crippen LogP contribution in [0.5, 0.6) is 0 Å². The number of rotatable bonds is 6. The van der Waals surface area contributed by atoms with Gasteiger partial charge in [0, 0.05) is 0 Å². The average molecular weight is 315 g/mol. The molecule has 6 nitrogen and oxygen atoms in total. The number of carboxylic acids is 1. The number of benzene rings is 2. The van der Waals surface area contributed by atoms with Gasteiger partial charge in [-0.25, -0.2) is 4.79 Å². The van der Waals surface area contributed by atoms with Gasteiger partial charge in [0.25, 0.3) is 5.91 Å². The first-order chi connectivity index (χ1) is 11.0. The molecule has 0 heterocycles.